The molecule has 0 bridgehead atoms. The molecule has 1 aliphatic rings. The Morgan fingerprint density at radius 3 is 1.65 bits per heavy atom. The van der Waals surface area contributed by atoms with Gasteiger partial charge in [0, 0.05) is 5.92 Å². The van der Waals surface area contributed by atoms with E-state index in [4.69, 9.17) is 0 Å². The lowest BCUT2D eigenvalue weighted by Gasteiger charge is -2.12. The molecule has 0 unspecified atom stereocenters. The molecule has 17 heavy (non-hydrogen) atoms. The molecule has 1 heteroatoms. The molecule has 0 spiro atoms. The van der Waals surface area contributed by atoms with Crippen LogP contribution < -0.4 is 0 Å². The van der Waals surface area contributed by atoms with E-state index in [-0.39, 0.29) is 12.5 Å². The predicted molar refractivity (Wildman–Crippen MR) is 74.6 cm³/mol. The van der Waals surface area contributed by atoms with Crippen molar-refractivity contribution in [1.29, 1.82) is 0 Å². The van der Waals surface area contributed by atoms with Crippen molar-refractivity contribution in [3.63, 3.8) is 0 Å². The zero-order valence-corrected chi connectivity index (χ0v) is 10.6. The fraction of sp³-hybridized carbons (Fsp3) is 0.250. The van der Waals surface area contributed by atoms with Gasteiger partial charge in [-0.25, -0.2) is 0 Å². The molecule has 0 amide bonds. The minimum atomic E-state index is 0.0309. The van der Waals surface area contributed by atoms with Crippen molar-refractivity contribution in [3.05, 3.63) is 71.9 Å². The molecule has 1 rings (SSSR count). The summed E-state index contributed by atoms with van der Waals surface area (Å²) in [6.07, 6.45) is 11.7. The number of hydrogen-bond acceptors (Lipinski definition) is 1. The van der Waals surface area contributed by atoms with E-state index in [1.54, 1.807) is 0 Å². The number of rotatable bonds is 5. The summed E-state index contributed by atoms with van der Waals surface area (Å²) in [5, 5.41) is 9.58. The third kappa shape index (κ3) is 2.40. The summed E-state index contributed by atoms with van der Waals surface area (Å²) in [4.78, 5) is 0. The monoisotopic (exact) mass is 228 g/mol. The van der Waals surface area contributed by atoms with Crippen molar-refractivity contribution in [1.82, 2.24) is 0 Å². The Morgan fingerprint density at radius 2 is 1.41 bits per heavy atom. The second-order valence-corrected chi connectivity index (χ2v) is 3.88. The van der Waals surface area contributed by atoms with Crippen molar-refractivity contribution < 1.29 is 5.11 Å². The van der Waals surface area contributed by atoms with Gasteiger partial charge in [0.1, 0.15) is 0 Å². The second kappa shape index (κ2) is 6.21. The Balaban J connectivity index is 3.42. The number of hydrogen-bond donors (Lipinski definition) is 1. The predicted octanol–water partition coefficient (Wildman–Crippen LogP) is 3.73. The lowest BCUT2D eigenvalue weighted by Crippen LogP contribution is -2.07. The number of aliphatic hydroxyl groups excluding tert-OH is 1. The number of aliphatic hydroxyl groups is 1. The lowest BCUT2D eigenvalue weighted by atomic mass is 9.95. The smallest absolute Gasteiger partial charge is 0.0540 e. The summed E-state index contributed by atoms with van der Waals surface area (Å²) >= 11 is 0. The molecular weight excluding hydrogens is 208 g/mol. The molecule has 0 saturated carbocycles. The average molecular weight is 228 g/mol. The van der Waals surface area contributed by atoms with Crippen molar-refractivity contribution >= 4 is 0 Å². The zero-order chi connectivity index (χ0) is 12.8. The van der Waals surface area contributed by atoms with Crippen LogP contribution in [0.5, 0.6) is 0 Å². The van der Waals surface area contributed by atoms with Crippen molar-refractivity contribution in [2.24, 2.45) is 5.92 Å². The van der Waals surface area contributed by atoms with E-state index in [9.17, 15) is 5.11 Å². The Morgan fingerprint density at radius 1 is 1.00 bits per heavy atom. The molecule has 1 nitrogen and oxygen atoms in total. The first-order valence-electron chi connectivity index (χ1n) is 5.84. The molecule has 0 aromatic carbocycles. The second-order valence-electron chi connectivity index (χ2n) is 3.88. The Hall–Kier alpha value is -1.60. The van der Waals surface area contributed by atoms with Crippen LogP contribution in [0.15, 0.2) is 71.9 Å². The first-order valence-corrected chi connectivity index (χ1v) is 5.84. The highest BCUT2D eigenvalue weighted by Gasteiger charge is 2.27. The standard InChI is InChI=1S/C16H20O/c1-5-9-14-12(7-3)13(8-4)15(10-6-2)16(14)11-17/h5-10,16-17H,3-4,11H2,1-2H3/b9-5-,10-6-. The molecule has 0 aromatic heterocycles. The summed E-state index contributed by atoms with van der Waals surface area (Å²) in [6, 6.07) is 0. The van der Waals surface area contributed by atoms with Gasteiger partial charge in [-0.1, -0.05) is 49.6 Å². The van der Waals surface area contributed by atoms with Crippen LogP contribution >= 0.6 is 0 Å². The first kappa shape index (κ1) is 13.5. The Bertz CT molecular complexity index is 390. The lowest BCUT2D eigenvalue weighted by molar-refractivity contribution is 0.268. The van der Waals surface area contributed by atoms with Crippen LogP contribution in [-0.2, 0) is 0 Å². The first-order chi connectivity index (χ1) is 8.24. The zero-order valence-electron chi connectivity index (χ0n) is 10.6. The van der Waals surface area contributed by atoms with Crippen molar-refractivity contribution in [3.8, 4) is 0 Å². The largest absolute Gasteiger partial charge is 0.395 e. The maximum absolute atomic E-state index is 9.58. The van der Waals surface area contributed by atoms with Crippen LogP contribution in [0.25, 0.3) is 0 Å². The summed E-state index contributed by atoms with van der Waals surface area (Å²) < 4.78 is 0. The minimum absolute atomic E-state index is 0.0309. The topological polar surface area (TPSA) is 20.2 Å². The van der Waals surface area contributed by atoms with Gasteiger partial charge in [0.15, 0.2) is 0 Å². The Labute approximate surface area is 104 Å². The van der Waals surface area contributed by atoms with Crippen molar-refractivity contribution in [2.75, 3.05) is 6.61 Å². The molecule has 0 heterocycles. The minimum Gasteiger partial charge on any atom is -0.395 e. The van der Waals surface area contributed by atoms with Gasteiger partial charge in [-0.3, -0.25) is 0 Å². The molecule has 0 aliphatic heterocycles. The molecule has 0 aromatic rings. The summed E-state index contributed by atoms with van der Waals surface area (Å²) in [5.74, 6) is 0.0309. The molecule has 0 saturated heterocycles. The van der Waals surface area contributed by atoms with Crippen LogP contribution in [0, 0.1) is 5.92 Å². The van der Waals surface area contributed by atoms with Crippen LogP contribution in [-0.4, -0.2) is 11.7 Å². The van der Waals surface area contributed by atoms with Crippen molar-refractivity contribution in [2.45, 2.75) is 13.8 Å². The third-order valence-corrected chi connectivity index (χ3v) is 2.95. The normalized spacial score (nSPS) is 17.8. The van der Waals surface area contributed by atoms with Gasteiger partial charge < -0.3 is 5.11 Å². The Kier molecular flexibility index (Phi) is 4.92. The van der Waals surface area contributed by atoms with E-state index in [1.807, 2.05) is 50.3 Å². The van der Waals surface area contributed by atoms with Gasteiger partial charge in [0.05, 0.1) is 6.61 Å². The molecular formula is C16H20O. The van der Waals surface area contributed by atoms with Gasteiger partial charge in [-0.05, 0) is 36.1 Å². The maximum Gasteiger partial charge on any atom is 0.0540 e. The summed E-state index contributed by atoms with van der Waals surface area (Å²) in [5.41, 5.74) is 4.39. The highest BCUT2D eigenvalue weighted by molar-refractivity contribution is 5.63. The van der Waals surface area contributed by atoms with Crippen LogP contribution in [0.4, 0.5) is 0 Å². The highest BCUT2D eigenvalue weighted by atomic mass is 16.3. The van der Waals surface area contributed by atoms with Crippen LogP contribution in [0.1, 0.15) is 13.8 Å². The van der Waals surface area contributed by atoms with E-state index in [2.05, 4.69) is 13.2 Å². The van der Waals surface area contributed by atoms with Gasteiger partial charge in [0.2, 0.25) is 0 Å². The van der Waals surface area contributed by atoms with Gasteiger partial charge in [0.25, 0.3) is 0 Å². The quantitative estimate of drug-likeness (QED) is 0.760. The van der Waals surface area contributed by atoms with Crippen LogP contribution in [0.2, 0.25) is 0 Å². The van der Waals surface area contributed by atoms with Crippen LogP contribution in [0.3, 0.4) is 0 Å². The van der Waals surface area contributed by atoms with E-state index in [0.29, 0.717) is 0 Å². The van der Waals surface area contributed by atoms with E-state index in [1.165, 1.54) is 0 Å². The van der Waals surface area contributed by atoms with E-state index < -0.39 is 0 Å². The van der Waals surface area contributed by atoms with Gasteiger partial charge >= 0.3 is 0 Å². The van der Waals surface area contributed by atoms with Gasteiger partial charge in [-0.15, -0.1) is 0 Å². The van der Waals surface area contributed by atoms with Gasteiger partial charge in [-0.2, -0.15) is 0 Å². The SMILES string of the molecule is C=CC1=C(/C=C\C)C(CO)C(/C=C\C)=C1C=C. The molecule has 0 atom stereocenters. The summed E-state index contributed by atoms with van der Waals surface area (Å²) in [7, 11) is 0. The van der Waals surface area contributed by atoms with E-state index in [0.717, 1.165) is 22.3 Å². The maximum atomic E-state index is 9.58. The molecule has 1 N–H and O–H groups in total. The molecule has 90 valence electrons. The average Bonchev–Trinajstić information content (AvgIpc) is 2.62. The fourth-order valence-corrected chi connectivity index (χ4v) is 2.28. The molecule has 0 radical (unpaired) electrons. The molecule has 0 fully saturated rings. The van der Waals surface area contributed by atoms with E-state index >= 15 is 0 Å². The summed E-state index contributed by atoms with van der Waals surface area (Å²) in [6.45, 7) is 11.8. The molecule has 1 aliphatic carbocycles. The third-order valence-electron chi connectivity index (χ3n) is 2.95. The highest BCUT2D eigenvalue weighted by Crippen LogP contribution is 2.39. The fourth-order valence-electron chi connectivity index (χ4n) is 2.28. The number of allylic oxidation sites excluding steroid dienone is 8.